The minimum atomic E-state index is -0.561. The Morgan fingerprint density at radius 1 is 1.22 bits per heavy atom. The normalized spacial score (nSPS) is 25.9. The maximum Gasteiger partial charge on any atom is 0.328 e. The number of amidine groups is 1. The second kappa shape index (κ2) is 4.84. The Balaban J connectivity index is 1.69. The van der Waals surface area contributed by atoms with E-state index in [2.05, 4.69) is 4.99 Å². The third-order valence-corrected chi connectivity index (χ3v) is 4.33. The van der Waals surface area contributed by atoms with Crippen molar-refractivity contribution in [1.29, 1.82) is 0 Å². The molecule has 1 aromatic rings. The van der Waals surface area contributed by atoms with Gasteiger partial charge in [-0.2, -0.15) is 0 Å². The number of hydrogen-bond donors (Lipinski definition) is 0. The number of amides is 3. The summed E-state index contributed by atoms with van der Waals surface area (Å²) in [5, 5.41) is 0. The van der Waals surface area contributed by atoms with Gasteiger partial charge in [0.15, 0.2) is 18.0 Å². The van der Waals surface area contributed by atoms with Gasteiger partial charge >= 0.3 is 6.03 Å². The SMILES string of the molecule is CCN1C(=O)C2C(N=C3OC(c4ccccc4)=CN32)N(C)C1=O. The fraction of sp³-hybridized carbons (Fsp3) is 0.312. The number of ether oxygens (including phenoxy) is 1. The molecule has 4 rings (SSSR count). The van der Waals surface area contributed by atoms with Gasteiger partial charge in [-0.25, -0.2) is 9.79 Å². The summed E-state index contributed by atoms with van der Waals surface area (Å²) in [6, 6.07) is 9.12. The molecule has 0 saturated carbocycles. The van der Waals surface area contributed by atoms with Crippen LogP contribution in [-0.2, 0) is 9.53 Å². The van der Waals surface area contributed by atoms with E-state index in [4.69, 9.17) is 4.74 Å². The van der Waals surface area contributed by atoms with E-state index in [0.717, 1.165) is 5.56 Å². The lowest BCUT2D eigenvalue weighted by Gasteiger charge is -2.39. The van der Waals surface area contributed by atoms with Crippen LogP contribution in [0.5, 0.6) is 0 Å². The molecular formula is C16H16N4O3. The summed E-state index contributed by atoms with van der Waals surface area (Å²) in [5.41, 5.74) is 0.918. The molecule has 3 heterocycles. The molecule has 0 radical (unpaired) electrons. The molecule has 0 bridgehead atoms. The number of rotatable bonds is 2. The van der Waals surface area contributed by atoms with E-state index in [1.54, 1.807) is 25.1 Å². The molecule has 2 atom stereocenters. The second-order valence-electron chi connectivity index (χ2n) is 5.61. The van der Waals surface area contributed by atoms with E-state index < -0.39 is 12.2 Å². The predicted molar refractivity (Wildman–Crippen MR) is 82.9 cm³/mol. The first kappa shape index (κ1) is 13.8. The lowest BCUT2D eigenvalue weighted by molar-refractivity contribution is -0.136. The minimum absolute atomic E-state index is 0.242. The zero-order valence-corrected chi connectivity index (χ0v) is 12.8. The van der Waals surface area contributed by atoms with Crippen LogP contribution in [0.2, 0.25) is 0 Å². The predicted octanol–water partition coefficient (Wildman–Crippen LogP) is 1.30. The van der Waals surface area contributed by atoms with Crippen LogP contribution in [0.1, 0.15) is 12.5 Å². The number of fused-ring (bicyclic) bond motifs is 3. The molecule has 1 aromatic carbocycles. The number of hydrogen-bond acceptors (Lipinski definition) is 5. The van der Waals surface area contributed by atoms with Gasteiger partial charge in [0.25, 0.3) is 11.9 Å². The van der Waals surface area contributed by atoms with Crippen molar-refractivity contribution in [3.05, 3.63) is 42.1 Å². The number of likely N-dealkylation sites (N-methyl/N-ethyl adjacent to an activating group) is 2. The van der Waals surface area contributed by atoms with Crippen LogP contribution in [0.4, 0.5) is 4.79 Å². The number of urea groups is 1. The highest BCUT2D eigenvalue weighted by molar-refractivity contribution is 6.04. The molecule has 23 heavy (non-hydrogen) atoms. The second-order valence-corrected chi connectivity index (χ2v) is 5.61. The number of aliphatic imine (C=N–C) groups is 1. The molecule has 1 saturated heterocycles. The van der Waals surface area contributed by atoms with E-state index in [9.17, 15) is 9.59 Å². The maximum atomic E-state index is 12.7. The van der Waals surface area contributed by atoms with Gasteiger partial charge in [0.2, 0.25) is 0 Å². The zero-order chi connectivity index (χ0) is 16.1. The van der Waals surface area contributed by atoms with Crippen molar-refractivity contribution < 1.29 is 14.3 Å². The number of carbonyl (C=O) groups is 2. The van der Waals surface area contributed by atoms with Crippen molar-refractivity contribution in [3.8, 4) is 0 Å². The van der Waals surface area contributed by atoms with E-state index in [0.29, 0.717) is 18.3 Å². The molecule has 7 heteroatoms. The summed E-state index contributed by atoms with van der Waals surface area (Å²) >= 11 is 0. The van der Waals surface area contributed by atoms with E-state index >= 15 is 0 Å². The van der Waals surface area contributed by atoms with Crippen molar-refractivity contribution in [3.63, 3.8) is 0 Å². The average molecular weight is 312 g/mol. The Morgan fingerprint density at radius 3 is 2.65 bits per heavy atom. The lowest BCUT2D eigenvalue weighted by atomic mass is 10.1. The molecule has 2 unspecified atom stereocenters. The first-order chi connectivity index (χ1) is 11.1. The molecule has 7 nitrogen and oxygen atoms in total. The maximum absolute atomic E-state index is 12.7. The van der Waals surface area contributed by atoms with Gasteiger partial charge in [0, 0.05) is 19.2 Å². The molecule has 0 N–H and O–H groups in total. The van der Waals surface area contributed by atoms with Gasteiger partial charge in [-0.15, -0.1) is 0 Å². The average Bonchev–Trinajstić information content (AvgIpc) is 3.12. The van der Waals surface area contributed by atoms with Gasteiger partial charge in [-0.3, -0.25) is 14.6 Å². The van der Waals surface area contributed by atoms with Crippen LogP contribution in [0.25, 0.3) is 5.76 Å². The summed E-state index contributed by atoms with van der Waals surface area (Å²) < 4.78 is 5.79. The fourth-order valence-corrected chi connectivity index (χ4v) is 3.11. The minimum Gasteiger partial charge on any atom is -0.423 e. The Hall–Kier alpha value is -2.83. The summed E-state index contributed by atoms with van der Waals surface area (Å²) in [6.45, 7) is 2.12. The van der Waals surface area contributed by atoms with Crippen molar-refractivity contribution >= 4 is 23.7 Å². The third-order valence-electron chi connectivity index (χ3n) is 4.33. The van der Waals surface area contributed by atoms with Crippen LogP contribution >= 0.6 is 0 Å². The Morgan fingerprint density at radius 2 is 1.96 bits per heavy atom. The topological polar surface area (TPSA) is 65.5 Å². The van der Waals surface area contributed by atoms with Crippen LogP contribution in [-0.4, -0.2) is 58.5 Å². The smallest absolute Gasteiger partial charge is 0.328 e. The highest BCUT2D eigenvalue weighted by Crippen LogP contribution is 2.35. The number of carbonyl (C=O) groups excluding carboxylic acids is 2. The van der Waals surface area contributed by atoms with Crippen LogP contribution in [0.3, 0.4) is 0 Å². The number of benzene rings is 1. The molecule has 3 amide bonds. The van der Waals surface area contributed by atoms with Gasteiger partial charge in [0.05, 0.1) is 6.20 Å². The highest BCUT2D eigenvalue weighted by atomic mass is 16.5. The van der Waals surface area contributed by atoms with Crippen LogP contribution in [0, 0.1) is 0 Å². The van der Waals surface area contributed by atoms with Gasteiger partial charge in [0.1, 0.15) is 0 Å². The van der Waals surface area contributed by atoms with Crippen molar-refractivity contribution in [1.82, 2.24) is 14.7 Å². The van der Waals surface area contributed by atoms with Crippen LogP contribution < -0.4 is 0 Å². The Labute approximate surface area is 133 Å². The molecule has 118 valence electrons. The molecule has 0 aromatic heterocycles. The van der Waals surface area contributed by atoms with E-state index in [1.165, 1.54) is 9.80 Å². The van der Waals surface area contributed by atoms with Crippen molar-refractivity contribution in [2.24, 2.45) is 4.99 Å². The standard InChI is InChI=1S/C16H16N4O3/c1-3-19-14(21)12-13(18(2)16(19)22)17-15-20(12)9-11(23-15)10-7-5-4-6-8-10/h4-9,12-13H,3H2,1-2H3. The van der Waals surface area contributed by atoms with E-state index in [-0.39, 0.29) is 11.9 Å². The molecule has 3 aliphatic rings. The largest absolute Gasteiger partial charge is 0.423 e. The third kappa shape index (κ3) is 1.86. The first-order valence-corrected chi connectivity index (χ1v) is 7.51. The van der Waals surface area contributed by atoms with E-state index in [1.807, 2.05) is 30.3 Å². The molecule has 1 fully saturated rings. The monoisotopic (exact) mass is 312 g/mol. The summed E-state index contributed by atoms with van der Waals surface area (Å²) in [6.07, 6.45) is 1.25. The Kier molecular flexibility index (Phi) is 2.90. The van der Waals surface area contributed by atoms with Gasteiger partial charge in [-0.1, -0.05) is 30.3 Å². The quantitative estimate of drug-likeness (QED) is 0.825. The van der Waals surface area contributed by atoms with Crippen molar-refractivity contribution in [2.75, 3.05) is 13.6 Å². The van der Waals surface area contributed by atoms with Crippen LogP contribution in [0.15, 0.2) is 41.5 Å². The number of imide groups is 1. The van der Waals surface area contributed by atoms with Gasteiger partial charge in [-0.05, 0) is 6.92 Å². The molecule has 0 aliphatic carbocycles. The molecular weight excluding hydrogens is 296 g/mol. The molecule has 3 aliphatic heterocycles. The number of nitrogens with zero attached hydrogens (tertiary/aromatic N) is 4. The molecule has 0 spiro atoms. The fourth-order valence-electron chi connectivity index (χ4n) is 3.11. The highest BCUT2D eigenvalue weighted by Gasteiger charge is 2.53. The summed E-state index contributed by atoms with van der Waals surface area (Å²) in [5.74, 6) is 0.409. The van der Waals surface area contributed by atoms with Crippen molar-refractivity contribution in [2.45, 2.75) is 19.1 Å². The summed E-state index contributed by atoms with van der Waals surface area (Å²) in [4.78, 5) is 33.7. The lowest BCUT2D eigenvalue weighted by Crippen LogP contribution is -2.64. The van der Waals surface area contributed by atoms with Gasteiger partial charge < -0.3 is 9.64 Å². The Bertz CT molecular complexity index is 743. The summed E-state index contributed by atoms with van der Waals surface area (Å²) in [7, 11) is 1.66. The first-order valence-electron chi connectivity index (χ1n) is 7.51. The zero-order valence-electron chi connectivity index (χ0n) is 12.8.